The summed E-state index contributed by atoms with van der Waals surface area (Å²) in [5.41, 5.74) is 1.02. The second-order valence-corrected chi connectivity index (χ2v) is 7.79. The van der Waals surface area contributed by atoms with Gasteiger partial charge in [-0.3, -0.25) is 4.79 Å². The van der Waals surface area contributed by atoms with Crippen molar-refractivity contribution in [2.75, 3.05) is 13.1 Å². The monoisotopic (exact) mass is 338 g/mol. The van der Waals surface area contributed by atoms with Gasteiger partial charge in [-0.1, -0.05) is 38.3 Å². The Morgan fingerprint density at radius 3 is 2.39 bits per heavy atom. The lowest BCUT2D eigenvalue weighted by molar-refractivity contribution is -0.125. The summed E-state index contributed by atoms with van der Waals surface area (Å²) in [4.78, 5) is 12.3. The van der Waals surface area contributed by atoms with Crippen LogP contribution in [0.4, 0.5) is 0 Å². The van der Waals surface area contributed by atoms with Gasteiger partial charge < -0.3 is 5.32 Å². The van der Waals surface area contributed by atoms with Crippen molar-refractivity contribution in [3.05, 3.63) is 29.8 Å². The minimum absolute atomic E-state index is 0.163. The van der Waals surface area contributed by atoms with E-state index in [1.807, 2.05) is 0 Å². The van der Waals surface area contributed by atoms with Crippen LogP contribution in [0.15, 0.2) is 29.2 Å². The molecule has 1 aliphatic carbocycles. The first-order valence-corrected chi connectivity index (χ1v) is 9.87. The van der Waals surface area contributed by atoms with Crippen LogP contribution >= 0.6 is 0 Å². The van der Waals surface area contributed by atoms with Crippen LogP contribution in [0, 0.1) is 5.92 Å². The summed E-state index contributed by atoms with van der Waals surface area (Å²) in [6.45, 7) is 2.72. The maximum absolute atomic E-state index is 12.0. The Morgan fingerprint density at radius 1 is 1.13 bits per heavy atom. The van der Waals surface area contributed by atoms with Crippen molar-refractivity contribution in [1.29, 1.82) is 0 Å². The van der Waals surface area contributed by atoms with E-state index in [0.29, 0.717) is 19.5 Å². The van der Waals surface area contributed by atoms with E-state index in [-0.39, 0.29) is 16.7 Å². The van der Waals surface area contributed by atoms with Crippen molar-refractivity contribution in [1.82, 2.24) is 10.0 Å². The molecule has 1 aromatic carbocycles. The molecule has 1 amide bonds. The van der Waals surface area contributed by atoms with Gasteiger partial charge in [-0.15, -0.1) is 0 Å². The molecule has 0 spiro atoms. The van der Waals surface area contributed by atoms with E-state index in [2.05, 4.69) is 10.0 Å². The van der Waals surface area contributed by atoms with Gasteiger partial charge in [0.25, 0.3) is 0 Å². The van der Waals surface area contributed by atoms with E-state index in [1.54, 1.807) is 31.2 Å². The average molecular weight is 338 g/mol. The van der Waals surface area contributed by atoms with Gasteiger partial charge in [0.15, 0.2) is 0 Å². The predicted octanol–water partition coefficient (Wildman–Crippen LogP) is 2.22. The molecule has 128 valence electrons. The van der Waals surface area contributed by atoms with E-state index in [0.717, 1.165) is 31.2 Å². The maximum Gasteiger partial charge on any atom is 0.240 e. The normalized spacial score (nSPS) is 16.2. The third-order valence-corrected chi connectivity index (χ3v) is 5.82. The SMILES string of the molecule is CCNS(=O)(=O)c1ccc(CCNC(=O)C2CCCCC2)cc1. The molecule has 1 aliphatic rings. The molecule has 0 unspecified atom stereocenters. The van der Waals surface area contributed by atoms with E-state index in [1.165, 1.54) is 6.42 Å². The molecule has 1 fully saturated rings. The summed E-state index contributed by atoms with van der Waals surface area (Å²) in [6.07, 6.45) is 6.26. The number of amides is 1. The Bertz CT molecular complexity index is 605. The fourth-order valence-corrected chi connectivity index (χ4v) is 3.99. The Kier molecular flexibility index (Phi) is 6.59. The number of carbonyl (C=O) groups is 1. The molecule has 0 aromatic heterocycles. The van der Waals surface area contributed by atoms with E-state index in [4.69, 9.17) is 0 Å². The fourth-order valence-electron chi connectivity index (χ4n) is 2.95. The van der Waals surface area contributed by atoms with Crippen molar-refractivity contribution in [2.24, 2.45) is 5.92 Å². The van der Waals surface area contributed by atoms with Gasteiger partial charge >= 0.3 is 0 Å². The number of sulfonamides is 1. The van der Waals surface area contributed by atoms with Crippen molar-refractivity contribution >= 4 is 15.9 Å². The highest BCUT2D eigenvalue weighted by molar-refractivity contribution is 7.89. The summed E-state index contributed by atoms with van der Waals surface area (Å²) >= 11 is 0. The van der Waals surface area contributed by atoms with Gasteiger partial charge in [-0.2, -0.15) is 0 Å². The van der Waals surface area contributed by atoms with E-state index >= 15 is 0 Å². The van der Waals surface area contributed by atoms with Crippen LogP contribution in [-0.4, -0.2) is 27.4 Å². The molecule has 0 bridgehead atoms. The van der Waals surface area contributed by atoms with Gasteiger partial charge in [0.1, 0.15) is 0 Å². The van der Waals surface area contributed by atoms with Crippen LogP contribution in [0.3, 0.4) is 0 Å². The second-order valence-electron chi connectivity index (χ2n) is 6.02. The summed E-state index contributed by atoms with van der Waals surface area (Å²) in [5.74, 6) is 0.340. The average Bonchev–Trinajstić information content (AvgIpc) is 2.56. The van der Waals surface area contributed by atoms with Crippen LogP contribution in [-0.2, 0) is 21.2 Å². The molecule has 23 heavy (non-hydrogen) atoms. The first-order chi connectivity index (χ1) is 11.0. The lowest BCUT2D eigenvalue weighted by Crippen LogP contribution is -2.33. The molecule has 6 heteroatoms. The summed E-state index contributed by atoms with van der Waals surface area (Å²) in [7, 11) is -3.40. The first-order valence-electron chi connectivity index (χ1n) is 8.39. The number of hydrogen-bond donors (Lipinski definition) is 2. The van der Waals surface area contributed by atoms with E-state index < -0.39 is 10.0 Å². The Hall–Kier alpha value is -1.40. The zero-order valence-electron chi connectivity index (χ0n) is 13.7. The highest BCUT2D eigenvalue weighted by Gasteiger charge is 2.20. The van der Waals surface area contributed by atoms with Gasteiger partial charge in [0.2, 0.25) is 15.9 Å². The van der Waals surface area contributed by atoms with Crippen molar-refractivity contribution in [3.8, 4) is 0 Å². The molecule has 0 heterocycles. The van der Waals surface area contributed by atoms with Crippen molar-refractivity contribution in [3.63, 3.8) is 0 Å². The Balaban J connectivity index is 1.81. The lowest BCUT2D eigenvalue weighted by atomic mass is 9.88. The smallest absolute Gasteiger partial charge is 0.240 e. The lowest BCUT2D eigenvalue weighted by Gasteiger charge is -2.20. The van der Waals surface area contributed by atoms with Gasteiger partial charge in [-0.25, -0.2) is 13.1 Å². The quantitative estimate of drug-likeness (QED) is 0.800. The zero-order chi connectivity index (χ0) is 16.7. The summed E-state index contributed by atoms with van der Waals surface area (Å²) < 4.78 is 26.2. The number of nitrogens with one attached hydrogen (secondary N) is 2. The molecule has 1 aromatic rings. The van der Waals surface area contributed by atoms with Crippen LogP contribution in [0.1, 0.15) is 44.6 Å². The molecule has 2 N–H and O–H groups in total. The number of carbonyl (C=O) groups excluding carboxylic acids is 1. The largest absolute Gasteiger partial charge is 0.356 e. The van der Waals surface area contributed by atoms with Crippen LogP contribution in [0.2, 0.25) is 0 Å². The molecule has 0 atom stereocenters. The van der Waals surface area contributed by atoms with Gasteiger partial charge in [0.05, 0.1) is 4.90 Å². The van der Waals surface area contributed by atoms with Gasteiger partial charge in [0, 0.05) is 19.0 Å². The molecule has 0 radical (unpaired) electrons. The second kappa shape index (κ2) is 8.45. The highest BCUT2D eigenvalue weighted by atomic mass is 32.2. The van der Waals surface area contributed by atoms with Crippen LogP contribution in [0.25, 0.3) is 0 Å². The molecule has 2 rings (SSSR count). The number of hydrogen-bond acceptors (Lipinski definition) is 3. The molecule has 1 saturated carbocycles. The van der Waals surface area contributed by atoms with E-state index in [9.17, 15) is 13.2 Å². The third kappa shape index (κ3) is 5.32. The Labute approximate surface area is 138 Å². The first kappa shape index (κ1) is 17.9. The molecule has 0 aliphatic heterocycles. The van der Waals surface area contributed by atoms with Crippen LogP contribution < -0.4 is 10.0 Å². The van der Waals surface area contributed by atoms with Gasteiger partial charge in [-0.05, 0) is 37.0 Å². The summed E-state index contributed by atoms with van der Waals surface area (Å²) in [5, 5.41) is 3.00. The standard InChI is InChI=1S/C17H26N2O3S/c1-2-19-23(21,22)16-10-8-14(9-11-16)12-13-18-17(20)15-6-4-3-5-7-15/h8-11,15,19H,2-7,12-13H2,1H3,(H,18,20). The Morgan fingerprint density at radius 2 is 1.78 bits per heavy atom. The topological polar surface area (TPSA) is 75.3 Å². The predicted molar refractivity (Wildman–Crippen MR) is 90.6 cm³/mol. The zero-order valence-corrected chi connectivity index (χ0v) is 14.5. The molecular weight excluding hydrogens is 312 g/mol. The van der Waals surface area contributed by atoms with Crippen molar-refractivity contribution in [2.45, 2.75) is 50.3 Å². The number of rotatable bonds is 7. The molecule has 0 saturated heterocycles. The minimum atomic E-state index is -3.40. The van der Waals surface area contributed by atoms with Crippen LogP contribution in [0.5, 0.6) is 0 Å². The molecular formula is C17H26N2O3S. The third-order valence-electron chi connectivity index (χ3n) is 4.26. The van der Waals surface area contributed by atoms with Crippen molar-refractivity contribution < 1.29 is 13.2 Å². The molecule has 5 nitrogen and oxygen atoms in total. The summed E-state index contributed by atoms with van der Waals surface area (Å²) in [6, 6.07) is 6.82. The highest BCUT2D eigenvalue weighted by Crippen LogP contribution is 2.23. The number of benzene rings is 1. The minimum Gasteiger partial charge on any atom is -0.356 e. The fraction of sp³-hybridized carbons (Fsp3) is 0.588. The maximum atomic E-state index is 12.0.